The van der Waals surface area contributed by atoms with E-state index < -0.39 is 27.3 Å². The molecular formula is C13H12F2N2O2S. The van der Waals surface area contributed by atoms with Gasteiger partial charge in [0.2, 0.25) is 0 Å². The maximum atomic E-state index is 13.4. The van der Waals surface area contributed by atoms with E-state index in [4.69, 9.17) is 5.73 Å². The maximum Gasteiger partial charge on any atom is 0.262 e. The van der Waals surface area contributed by atoms with E-state index in [1.807, 2.05) is 4.72 Å². The zero-order valence-electron chi connectivity index (χ0n) is 10.5. The van der Waals surface area contributed by atoms with Crippen LogP contribution in [0.3, 0.4) is 0 Å². The summed E-state index contributed by atoms with van der Waals surface area (Å²) in [5.74, 6) is -1.98. The first kappa shape index (κ1) is 14.3. The molecular weight excluding hydrogens is 286 g/mol. The summed E-state index contributed by atoms with van der Waals surface area (Å²) in [6, 6.07) is 7.13. The molecule has 0 radical (unpaired) electrons. The third kappa shape index (κ3) is 2.72. The van der Waals surface area contributed by atoms with Crippen molar-refractivity contribution < 1.29 is 17.2 Å². The highest BCUT2D eigenvalue weighted by molar-refractivity contribution is 7.92. The van der Waals surface area contributed by atoms with Gasteiger partial charge in [-0.25, -0.2) is 17.2 Å². The van der Waals surface area contributed by atoms with E-state index in [2.05, 4.69) is 0 Å². The van der Waals surface area contributed by atoms with Gasteiger partial charge in [-0.3, -0.25) is 4.72 Å². The molecule has 0 aliphatic rings. The molecule has 106 valence electrons. The fraction of sp³-hybridized carbons (Fsp3) is 0.0769. The molecule has 0 saturated carbocycles. The Bertz CT molecular complexity index is 741. The van der Waals surface area contributed by atoms with Gasteiger partial charge in [0.25, 0.3) is 10.0 Å². The molecule has 0 aliphatic carbocycles. The van der Waals surface area contributed by atoms with Crippen LogP contribution in [0.1, 0.15) is 5.56 Å². The van der Waals surface area contributed by atoms with Gasteiger partial charge in [0.05, 0.1) is 4.90 Å². The highest BCUT2D eigenvalue weighted by Crippen LogP contribution is 2.24. The van der Waals surface area contributed by atoms with Crippen LogP contribution in [-0.4, -0.2) is 8.42 Å². The topological polar surface area (TPSA) is 72.2 Å². The molecule has 0 spiro atoms. The molecule has 2 aromatic rings. The Morgan fingerprint density at radius 2 is 1.70 bits per heavy atom. The molecule has 4 nitrogen and oxygen atoms in total. The Labute approximate surface area is 115 Å². The van der Waals surface area contributed by atoms with Gasteiger partial charge in [-0.15, -0.1) is 0 Å². The predicted octanol–water partition coefficient (Wildman–Crippen LogP) is 2.66. The molecule has 0 fully saturated rings. The van der Waals surface area contributed by atoms with Crippen LogP contribution >= 0.6 is 0 Å². The second-order valence-corrected chi connectivity index (χ2v) is 5.90. The average Bonchev–Trinajstić information content (AvgIpc) is 2.37. The quantitative estimate of drug-likeness (QED) is 0.856. The second-order valence-electron chi connectivity index (χ2n) is 4.22. The highest BCUT2D eigenvalue weighted by Gasteiger charge is 2.19. The molecule has 20 heavy (non-hydrogen) atoms. The van der Waals surface area contributed by atoms with Gasteiger partial charge in [-0.2, -0.15) is 0 Å². The minimum atomic E-state index is -4.11. The number of benzene rings is 2. The molecule has 0 heterocycles. The Kier molecular flexibility index (Phi) is 3.63. The van der Waals surface area contributed by atoms with Crippen molar-refractivity contribution >= 4 is 21.4 Å². The molecule has 0 saturated heterocycles. The fourth-order valence-corrected chi connectivity index (χ4v) is 2.69. The number of nitrogens with one attached hydrogen (secondary N) is 1. The lowest BCUT2D eigenvalue weighted by Crippen LogP contribution is -2.15. The lowest BCUT2D eigenvalue weighted by molar-refractivity contribution is 0.583. The number of hydrogen-bond donors (Lipinski definition) is 2. The van der Waals surface area contributed by atoms with Crippen LogP contribution < -0.4 is 10.5 Å². The van der Waals surface area contributed by atoms with E-state index in [9.17, 15) is 17.2 Å². The van der Waals surface area contributed by atoms with Crippen molar-refractivity contribution in [2.75, 3.05) is 10.5 Å². The largest absolute Gasteiger partial charge is 0.398 e. The van der Waals surface area contributed by atoms with Crippen LogP contribution in [0.25, 0.3) is 0 Å². The minimum Gasteiger partial charge on any atom is -0.398 e. The summed E-state index contributed by atoms with van der Waals surface area (Å²) in [6.07, 6.45) is 0. The summed E-state index contributed by atoms with van der Waals surface area (Å²) in [5, 5.41) is 0. The first-order valence-corrected chi connectivity index (χ1v) is 7.12. The van der Waals surface area contributed by atoms with E-state index in [1.165, 1.54) is 18.2 Å². The SMILES string of the molecule is Cc1ccc(S(=O)(=O)Nc2c(F)cccc2F)cc1N. The summed E-state index contributed by atoms with van der Waals surface area (Å²) >= 11 is 0. The normalized spacial score (nSPS) is 11.3. The van der Waals surface area contributed by atoms with Crippen LogP contribution in [0.4, 0.5) is 20.2 Å². The highest BCUT2D eigenvalue weighted by atomic mass is 32.2. The lowest BCUT2D eigenvalue weighted by Gasteiger charge is -2.11. The van der Waals surface area contributed by atoms with Gasteiger partial charge < -0.3 is 5.73 Å². The monoisotopic (exact) mass is 298 g/mol. The van der Waals surface area contributed by atoms with Crippen molar-refractivity contribution in [3.63, 3.8) is 0 Å². The summed E-state index contributed by atoms with van der Waals surface area (Å²) in [6.45, 7) is 1.72. The molecule has 0 aliphatic heterocycles. The number of anilines is 2. The minimum absolute atomic E-state index is 0.164. The zero-order chi connectivity index (χ0) is 14.9. The van der Waals surface area contributed by atoms with Crippen molar-refractivity contribution in [1.29, 1.82) is 0 Å². The van der Waals surface area contributed by atoms with Crippen LogP contribution in [0.2, 0.25) is 0 Å². The van der Waals surface area contributed by atoms with Gasteiger partial charge in [-0.05, 0) is 36.8 Å². The van der Waals surface area contributed by atoms with Gasteiger partial charge in [0.1, 0.15) is 17.3 Å². The zero-order valence-corrected chi connectivity index (χ0v) is 11.3. The summed E-state index contributed by atoms with van der Waals surface area (Å²) in [5.41, 5.74) is 5.90. The fourth-order valence-electron chi connectivity index (χ4n) is 1.57. The number of rotatable bonds is 3. The molecule has 0 amide bonds. The van der Waals surface area contributed by atoms with E-state index in [0.717, 1.165) is 18.2 Å². The molecule has 3 N–H and O–H groups in total. The summed E-state index contributed by atoms with van der Waals surface area (Å²) in [7, 11) is -4.11. The van der Waals surface area contributed by atoms with Gasteiger partial charge in [0, 0.05) is 5.69 Å². The predicted molar refractivity (Wildman–Crippen MR) is 72.8 cm³/mol. The number of aryl methyl sites for hydroxylation is 1. The number of nitrogen functional groups attached to an aromatic ring is 1. The molecule has 7 heteroatoms. The maximum absolute atomic E-state index is 13.4. The smallest absolute Gasteiger partial charge is 0.262 e. The third-order valence-corrected chi connectivity index (χ3v) is 4.11. The Balaban J connectivity index is 2.43. The molecule has 2 aromatic carbocycles. The first-order chi connectivity index (χ1) is 9.31. The second kappa shape index (κ2) is 5.09. The molecule has 0 atom stereocenters. The lowest BCUT2D eigenvalue weighted by atomic mass is 10.2. The van der Waals surface area contributed by atoms with Crippen molar-refractivity contribution in [3.05, 3.63) is 53.6 Å². The van der Waals surface area contributed by atoms with Crippen LogP contribution in [0.5, 0.6) is 0 Å². The number of hydrogen-bond acceptors (Lipinski definition) is 3. The average molecular weight is 298 g/mol. The summed E-state index contributed by atoms with van der Waals surface area (Å²) in [4.78, 5) is -0.164. The van der Waals surface area contributed by atoms with E-state index >= 15 is 0 Å². The molecule has 2 rings (SSSR count). The third-order valence-electron chi connectivity index (χ3n) is 2.76. The van der Waals surface area contributed by atoms with E-state index in [-0.39, 0.29) is 10.6 Å². The number of para-hydroxylation sites is 1. The number of halogens is 2. The first-order valence-electron chi connectivity index (χ1n) is 5.64. The Hall–Kier alpha value is -2.15. The van der Waals surface area contributed by atoms with Crippen LogP contribution in [0.15, 0.2) is 41.3 Å². The van der Waals surface area contributed by atoms with Gasteiger partial charge in [-0.1, -0.05) is 12.1 Å². The standard InChI is InChI=1S/C13H12F2N2O2S/c1-8-5-6-9(7-12(8)16)20(18,19)17-13-10(14)3-2-4-11(13)15/h2-7,17H,16H2,1H3. The molecule has 0 bridgehead atoms. The van der Waals surface area contributed by atoms with E-state index in [1.54, 1.807) is 6.92 Å². The number of nitrogens with two attached hydrogens (primary N) is 1. The molecule has 0 aromatic heterocycles. The Morgan fingerprint density at radius 1 is 1.10 bits per heavy atom. The Morgan fingerprint density at radius 3 is 2.25 bits per heavy atom. The molecule has 0 unspecified atom stereocenters. The number of sulfonamides is 1. The van der Waals surface area contributed by atoms with Crippen molar-refractivity contribution in [1.82, 2.24) is 0 Å². The van der Waals surface area contributed by atoms with E-state index in [0.29, 0.717) is 5.56 Å². The van der Waals surface area contributed by atoms with Gasteiger partial charge >= 0.3 is 0 Å². The van der Waals surface area contributed by atoms with Crippen LogP contribution in [-0.2, 0) is 10.0 Å². The van der Waals surface area contributed by atoms with Crippen LogP contribution in [0, 0.1) is 18.6 Å². The van der Waals surface area contributed by atoms with Crippen molar-refractivity contribution in [2.45, 2.75) is 11.8 Å². The van der Waals surface area contributed by atoms with Crippen molar-refractivity contribution in [3.8, 4) is 0 Å². The summed E-state index contributed by atoms with van der Waals surface area (Å²) < 4.78 is 52.9. The van der Waals surface area contributed by atoms with Crippen molar-refractivity contribution in [2.24, 2.45) is 0 Å². The van der Waals surface area contributed by atoms with Gasteiger partial charge in [0.15, 0.2) is 0 Å².